The van der Waals surface area contributed by atoms with Crippen molar-refractivity contribution < 1.29 is 105 Å². The highest BCUT2D eigenvalue weighted by molar-refractivity contribution is 6.17. The van der Waals surface area contributed by atoms with Crippen molar-refractivity contribution in [3.05, 3.63) is 106 Å². The molecule has 0 saturated carbocycles. The Balaban J connectivity index is 1.33. The summed E-state index contributed by atoms with van der Waals surface area (Å²) < 4.78 is 0. The van der Waals surface area contributed by atoms with Crippen LogP contribution in [0.4, 0.5) is 0 Å². The van der Waals surface area contributed by atoms with Gasteiger partial charge in [-0.2, -0.15) is 0 Å². The quantitative estimate of drug-likeness (QED) is 0.0272. The summed E-state index contributed by atoms with van der Waals surface area (Å²) in [6.45, 7) is 0. The molecule has 0 spiro atoms. The van der Waals surface area contributed by atoms with E-state index in [9.17, 15) is 85.9 Å². The number of carbonyl (C=O) groups excluding carboxylic acids is 3. The fourth-order valence-corrected chi connectivity index (χ4v) is 5.56. The number of aromatic hydroxyl groups is 14. The number of ketones is 3. The standard InChI is InChI=1S/C39H26O21/c40-14-5-1-4-13(10-14)27(46)26-34(53)36(55)37(56)39(35(26)54)60-59-38-25(18(43)12-20(45)31(38)50)29(48)15-6-2-9-22(28(15)47)58-57-21-8-3-7-16(41)23(21)32(51)24-17(42)11-19(44)30(49)33(24)52/h1-12,40-45,47,49-50,52-56H. The lowest BCUT2D eigenvalue weighted by Crippen LogP contribution is -2.11. The second kappa shape index (κ2) is 15.3. The van der Waals surface area contributed by atoms with Crippen molar-refractivity contribution in [2.75, 3.05) is 0 Å². The maximum atomic E-state index is 13.9. The molecular formula is C39H26O21. The Kier molecular flexibility index (Phi) is 10.3. The van der Waals surface area contributed by atoms with Gasteiger partial charge >= 0.3 is 0 Å². The van der Waals surface area contributed by atoms with Gasteiger partial charge in [-0.1, -0.05) is 24.3 Å². The zero-order valence-electron chi connectivity index (χ0n) is 29.5. The van der Waals surface area contributed by atoms with Crippen LogP contribution in [0.1, 0.15) is 47.8 Å². The highest BCUT2D eigenvalue weighted by atomic mass is 17.2. The third kappa shape index (κ3) is 6.91. The molecule has 308 valence electrons. The van der Waals surface area contributed by atoms with Crippen LogP contribution >= 0.6 is 0 Å². The van der Waals surface area contributed by atoms with E-state index in [1.165, 1.54) is 12.1 Å². The molecule has 0 aromatic heterocycles. The molecule has 14 N–H and O–H groups in total. The third-order valence-corrected chi connectivity index (χ3v) is 8.49. The maximum absolute atomic E-state index is 13.9. The zero-order valence-corrected chi connectivity index (χ0v) is 29.5. The van der Waals surface area contributed by atoms with E-state index in [2.05, 4.69) is 0 Å². The van der Waals surface area contributed by atoms with Gasteiger partial charge in [-0.15, -0.1) is 0 Å². The third-order valence-electron chi connectivity index (χ3n) is 8.49. The zero-order chi connectivity index (χ0) is 43.9. The van der Waals surface area contributed by atoms with Crippen LogP contribution in [0, 0.1) is 0 Å². The van der Waals surface area contributed by atoms with Crippen LogP contribution in [-0.2, 0) is 0 Å². The Morgan fingerprint density at radius 2 is 0.917 bits per heavy atom. The molecule has 0 aliphatic rings. The SMILES string of the molecule is O=C(c1c(O)cccc1OOc1cccc(C(=O)c2c(O)cc(O)c(O)c2OOc2c(O)c(O)c(O)c(C(=O)c3cccc(O)c3)c2O)c1O)c1c(O)cc(O)c(O)c1O. The van der Waals surface area contributed by atoms with Gasteiger partial charge in [0.15, 0.2) is 40.2 Å². The fraction of sp³-hybridized carbons (Fsp3) is 0. The predicted molar refractivity (Wildman–Crippen MR) is 195 cm³/mol. The van der Waals surface area contributed by atoms with Gasteiger partial charge in [0.2, 0.25) is 51.8 Å². The Bertz CT molecular complexity index is 2780. The minimum atomic E-state index is -1.47. The normalized spacial score (nSPS) is 10.8. The van der Waals surface area contributed by atoms with Crippen LogP contribution in [0.25, 0.3) is 0 Å². The van der Waals surface area contributed by atoms with E-state index < -0.39 is 149 Å². The molecular weight excluding hydrogens is 804 g/mol. The average Bonchev–Trinajstić information content (AvgIpc) is 3.20. The van der Waals surface area contributed by atoms with Gasteiger partial charge in [0.25, 0.3) is 5.75 Å². The summed E-state index contributed by atoms with van der Waals surface area (Å²) in [6, 6.07) is 11.6. The minimum absolute atomic E-state index is 0.343. The first-order valence-electron chi connectivity index (χ1n) is 16.4. The summed E-state index contributed by atoms with van der Waals surface area (Å²) in [5.74, 6) is -24.1. The minimum Gasteiger partial charge on any atom is -0.508 e. The maximum Gasteiger partial charge on any atom is 0.266 e. The second-order valence-electron chi connectivity index (χ2n) is 12.2. The van der Waals surface area contributed by atoms with Gasteiger partial charge in [-0.05, 0) is 36.4 Å². The van der Waals surface area contributed by atoms with Crippen molar-refractivity contribution >= 4 is 17.3 Å². The van der Waals surface area contributed by atoms with E-state index in [1.807, 2.05) is 0 Å². The molecule has 0 radical (unpaired) electrons. The van der Waals surface area contributed by atoms with Gasteiger partial charge in [0, 0.05) is 17.7 Å². The van der Waals surface area contributed by atoms with Crippen LogP contribution in [0.3, 0.4) is 0 Å². The number of para-hydroxylation sites is 1. The van der Waals surface area contributed by atoms with Crippen molar-refractivity contribution in [2.24, 2.45) is 0 Å². The number of carbonyl (C=O) groups is 3. The Morgan fingerprint density at radius 1 is 0.350 bits per heavy atom. The molecule has 0 heterocycles. The molecule has 0 aliphatic carbocycles. The summed E-state index contributed by atoms with van der Waals surface area (Å²) in [6.07, 6.45) is 0. The summed E-state index contributed by atoms with van der Waals surface area (Å²) in [5.41, 5.74) is -5.11. The molecule has 0 fully saturated rings. The molecule has 0 atom stereocenters. The van der Waals surface area contributed by atoms with E-state index in [1.54, 1.807) is 0 Å². The van der Waals surface area contributed by atoms with Crippen molar-refractivity contribution in [2.45, 2.75) is 0 Å². The molecule has 0 amide bonds. The monoisotopic (exact) mass is 830 g/mol. The lowest BCUT2D eigenvalue weighted by atomic mass is 9.99. The molecule has 0 unspecified atom stereocenters. The highest BCUT2D eigenvalue weighted by Crippen LogP contribution is 2.53. The Labute approximate surface area is 332 Å². The lowest BCUT2D eigenvalue weighted by Gasteiger charge is -2.17. The Hall–Kier alpha value is -9.27. The first-order valence-corrected chi connectivity index (χ1v) is 16.4. The van der Waals surface area contributed by atoms with Crippen LogP contribution < -0.4 is 19.6 Å². The first-order chi connectivity index (χ1) is 28.3. The summed E-state index contributed by atoms with van der Waals surface area (Å²) in [5, 5.41) is 145. The fourth-order valence-electron chi connectivity index (χ4n) is 5.56. The smallest absolute Gasteiger partial charge is 0.266 e. The molecule has 0 bridgehead atoms. The van der Waals surface area contributed by atoms with Gasteiger partial charge in [0.1, 0.15) is 45.3 Å². The largest absolute Gasteiger partial charge is 0.508 e. The van der Waals surface area contributed by atoms with Crippen LogP contribution in [0.2, 0.25) is 0 Å². The van der Waals surface area contributed by atoms with Crippen LogP contribution in [0.5, 0.6) is 103 Å². The van der Waals surface area contributed by atoms with E-state index in [0.717, 1.165) is 48.5 Å². The molecule has 21 heteroatoms. The van der Waals surface area contributed by atoms with Crippen LogP contribution in [-0.4, -0.2) is 88.8 Å². The predicted octanol–water partition coefficient (Wildman–Crippen LogP) is 4.00. The van der Waals surface area contributed by atoms with Crippen molar-refractivity contribution in [3.8, 4) is 103 Å². The van der Waals surface area contributed by atoms with E-state index >= 15 is 0 Å². The molecule has 0 aliphatic heterocycles. The second-order valence-corrected chi connectivity index (χ2v) is 12.2. The van der Waals surface area contributed by atoms with Gasteiger partial charge in [-0.3, -0.25) is 33.9 Å². The molecule has 6 aromatic carbocycles. The molecule has 60 heavy (non-hydrogen) atoms. The van der Waals surface area contributed by atoms with E-state index in [-0.39, 0.29) is 5.56 Å². The Morgan fingerprint density at radius 3 is 1.60 bits per heavy atom. The van der Waals surface area contributed by atoms with E-state index in [4.69, 9.17) is 19.6 Å². The number of phenols is 14. The van der Waals surface area contributed by atoms with Gasteiger partial charge in [-0.25, -0.2) is 0 Å². The molecule has 6 rings (SSSR count). The summed E-state index contributed by atoms with van der Waals surface area (Å²) in [7, 11) is 0. The molecule has 6 aromatic rings. The van der Waals surface area contributed by atoms with Crippen LogP contribution in [0.15, 0.2) is 72.8 Å². The highest BCUT2D eigenvalue weighted by Gasteiger charge is 2.34. The molecule has 0 saturated heterocycles. The summed E-state index contributed by atoms with van der Waals surface area (Å²) in [4.78, 5) is 60.5. The molecule has 21 nitrogen and oxygen atoms in total. The van der Waals surface area contributed by atoms with Gasteiger partial charge < -0.3 is 71.5 Å². The van der Waals surface area contributed by atoms with Crippen molar-refractivity contribution in [1.82, 2.24) is 0 Å². The van der Waals surface area contributed by atoms with Crippen molar-refractivity contribution in [1.29, 1.82) is 0 Å². The number of phenolic OH excluding ortho intramolecular Hbond substituents is 14. The van der Waals surface area contributed by atoms with E-state index in [0.29, 0.717) is 12.1 Å². The lowest BCUT2D eigenvalue weighted by molar-refractivity contribution is -0.106. The number of benzene rings is 6. The first kappa shape index (κ1) is 40.4. The summed E-state index contributed by atoms with van der Waals surface area (Å²) >= 11 is 0. The van der Waals surface area contributed by atoms with Crippen molar-refractivity contribution in [3.63, 3.8) is 0 Å². The average molecular weight is 831 g/mol. The number of rotatable bonds is 12. The number of hydrogen-bond donors (Lipinski definition) is 14. The van der Waals surface area contributed by atoms with Gasteiger partial charge in [0.05, 0.1) is 5.56 Å². The topological polar surface area (TPSA) is 371 Å². The number of hydrogen-bond acceptors (Lipinski definition) is 21.